The summed E-state index contributed by atoms with van der Waals surface area (Å²) in [5.74, 6) is 0. The molecule has 1 unspecified atom stereocenters. The van der Waals surface area contributed by atoms with Crippen LogP contribution < -0.4 is 10.9 Å². The van der Waals surface area contributed by atoms with E-state index in [0.717, 1.165) is 18.8 Å². The van der Waals surface area contributed by atoms with Crippen molar-refractivity contribution in [2.45, 2.75) is 12.6 Å². The second kappa shape index (κ2) is 5.29. The van der Waals surface area contributed by atoms with Crippen molar-refractivity contribution in [2.24, 2.45) is 0 Å². The number of anilines is 1. The van der Waals surface area contributed by atoms with Gasteiger partial charge in [-0.15, -0.1) is 0 Å². The summed E-state index contributed by atoms with van der Waals surface area (Å²) in [7, 11) is 3.82. The van der Waals surface area contributed by atoms with Crippen LogP contribution >= 0.6 is 0 Å². The van der Waals surface area contributed by atoms with Crippen molar-refractivity contribution in [3.63, 3.8) is 0 Å². The molecule has 0 amide bonds. The number of nitrogens with one attached hydrogen (secondary N) is 1. The third-order valence-electron chi connectivity index (χ3n) is 2.88. The minimum atomic E-state index is -0.103. The third-order valence-corrected chi connectivity index (χ3v) is 2.88. The maximum Gasteiger partial charge on any atom is 0.268 e. The average Bonchev–Trinajstić information content (AvgIpc) is 2.32. The number of ether oxygens (including phenoxy) is 1. The van der Waals surface area contributed by atoms with Crippen LogP contribution in [0.3, 0.4) is 0 Å². The molecule has 1 aliphatic heterocycles. The molecule has 17 heavy (non-hydrogen) atoms. The maximum atomic E-state index is 11.7. The molecule has 1 aliphatic rings. The van der Waals surface area contributed by atoms with E-state index >= 15 is 0 Å². The van der Waals surface area contributed by atoms with Gasteiger partial charge >= 0.3 is 0 Å². The van der Waals surface area contributed by atoms with Crippen LogP contribution in [0, 0.1) is 0 Å². The highest BCUT2D eigenvalue weighted by Gasteiger charge is 2.18. The molecule has 0 saturated carbocycles. The first-order valence-corrected chi connectivity index (χ1v) is 5.74. The van der Waals surface area contributed by atoms with Gasteiger partial charge in [0.15, 0.2) is 0 Å². The predicted octanol–water partition coefficient (Wildman–Crippen LogP) is -0.384. The van der Waals surface area contributed by atoms with E-state index in [1.807, 2.05) is 0 Å². The van der Waals surface area contributed by atoms with Crippen LogP contribution in [0.25, 0.3) is 0 Å². The molecular formula is C11H18N4O2. The minimum Gasteiger partial charge on any atom is -0.387 e. The molecule has 0 aromatic carbocycles. The van der Waals surface area contributed by atoms with E-state index in [9.17, 15) is 4.79 Å². The van der Waals surface area contributed by atoms with Gasteiger partial charge in [-0.2, -0.15) is 5.10 Å². The van der Waals surface area contributed by atoms with E-state index < -0.39 is 0 Å². The van der Waals surface area contributed by atoms with Crippen molar-refractivity contribution in [1.29, 1.82) is 0 Å². The van der Waals surface area contributed by atoms with Crippen molar-refractivity contribution in [3.05, 3.63) is 22.6 Å². The van der Waals surface area contributed by atoms with Gasteiger partial charge in [-0.3, -0.25) is 4.79 Å². The normalized spacial score (nSPS) is 21.4. The SMILES string of the molecule is CNc1cnn(CC2CN(C)CCO2)c(=O)c1. The highest BCUT2D eigenvalue weighted by atomic mass is 16.5. The van der Waals surface area contributed by atoms with E-state index in [0.29, 0.717) is 13.2 Å². The number of hydrogen-bond acceptors (Lipinski definition) is 5. The second-order valence-electron chi connectivity index (χ2n) is 4.27. The quantitative estimate of drug-likeness (QED) is 0.777. The molecule has 6 nitrogen and oxygen atoms in total. The molecule has 1 fully saturated rings. The molecule has 0 radical (unpaired) electrons. The second-order valence-corrected chi connectivity index (χ2v) is 4.27. The molecule has 2 heterocycles. The summed E-state index contributed by atoms with van der Waals surface area (Å²) in [6.45, 7) is 3.00. The Morgan fingerprint density at radius 1 is 1.65 bits per heavy atom. The van der Waals surface area contributed by atoms with Crippen molar-refractivity contribution in [2.75, 3.05) is 39.1 Å². The van der Waals surface area contributed by atoms with Gasteiger partial charge < -0.3 is 15.0 Å². The standard InChI is InChI=1S/C11H18N4O2/c1-12-9-5-11(16)15(13-6-9)8-10-7-14(2)3-4-17-10/h5-6,10,12H,3-4,7-8H2,1-2H3. The first-order chi connectivity index (χ1) is 8.19. The molecule has 2 rings (SSSR count). The van der Waals surface area contributed by atoms with Crippen molar-refractivity contribution in [3.8, 4) is 0 Å². The summed E-state index contributed by atoms with van der Waals surface area (Å²) < 4.78 is 7.06. The molecular weight excluding hydrogens is 220 g/mol. The van der Waals surface area contributed by atoms with E-state index in [1.165, 1.54) is 4.68 Å². The van der Waals surface area contributed by atoms with Crippen LogP contribution in [-0.2, 0) is 11.3 Å². The molecule has 1 atom stereocenters. The maximum absolute atomic E-state index is 11.7. The van der Waals surface area contributed by atoms with Crippen LogP contribution in [0.15, 0.2) is 17.1 Å². The first-order valence-electron chi connectivity index (χ1n) is 5.74. The van der Waals surface area contributed by atoms with E-state index in [-0.39, 0.29) is 11.7 Å². The number of rotatable bonds is 3. The monoisotopic (exact) mass is 238 g/mol. The zero-order chi connectivity index (χ0) is 12.3. The van der Waals surface area contributed by atoms with Crippen molar-refractivity contribution < 1.29 is 4.74 Å². The summed E-state index contributed by atoms with van der Waals surface area (Å²) >= 11 is 0. The third kappa shape index (κ3) is 3.04. The fourth-order valence-electron chi connectivity index (χ4n) is 1.88. The molecule has 0 spiro atoms. The van der Waals surface area contributed by atoms with Gasteiger partial charge in [0.2, 0.25) is 0 Å². The lowest BCUT2D eigenvalue weighted by molar-refractivity contribution is -0.0296. The highest BCUT2D eigenvalue weighted by molar-refractivity contribution is 5.37. The Bertz CT molecular complexity index is 432. The van der Waals surface area contributed by atoms with E-state index in [2.05, 4.69) is 22.4 Å². The first kappa shape index (κ1) is 12.1. The minimum absolute atomic E-state index is 0.0411. The van der Waals surface area contributed by atoms with Crippen LogP contribution in [0.5, 0.6) is 0 Å². The number of likely N-dealkylation sites (N-methyl/N-ethyl adjacent to an activating group) is 1. The molecule has 1 N–H and O–H groups in total. The largest absolute Gasteiger partial charge is 0.387 e. The Morgan fingerprint density at radius 2 is 2.47 bits per heavy atom. The zero-order valence-electron chi connectivity index (χ0n) is 10.2. The fraction of sp³-hybridized carbons (Fsp3) is 0.636. The summed E-state index contributed by atoms with van der Waals surface area (Å²) in [5, 5.41) is 7.00. The Hall–Kier alpha value is -1.40. The van der Waals surface area contributed by atoms with Gasteiger partial charge in [-0.25, -0.2) is 4.68 Å². The molecule has 1 aromatic rings. The Kier molecular flexibility index (Phi) is 3.75. The molecule has 1 saturated heterocycles. The van der Waals surface area contributed by atoms with Gasteiger partial charge in [-0.05, 0) is 7.05 Å². The van der Waals surface area contributed by atoms with Crippen molar-refractivity contribution in [1.82, 2.24) is 14.7 Å². The van der Waals surface area contributed by atoms with E-state index in [1.54, 1.807) is 19.3 Å². The fourth-order valence-corrected chi connectivity index (χ4v) is 1.88. The van der Waals surface area contributed by atoms with Crippen LogP contribution in [0.2, 0.25) is 0 Å². The van der Waals surface area contributed by atoms with Gasteiger partial charge in [0.1, 0.15) is 0 Å². The lowest BCUT2D eigenvalue weighted by Crippen LogP contribution is -2.43. The Labute approximate surface area is 100 Å². The van der Waals surface area contributed by atoms with Gasteiger partial charge in [0.25, 0.3) is 5.56 Å². The van der Waals surface area contributed by atoms with Gasteiger partial charge in [-0.1, -0.05) is 0 Å². The summed E-state index contributed by atoms with van der Waals surface area (Å²) in [6.07, 6.45) is 1.69. The molecule has 0 aliphatic carbocycles. The number of morpholine rings is 1. The lowest BCUT2D eigenvalue weighted by Gasteiger charge is -2.29. The van der Waals surface area contributed by atoms with Gasteiger partial charge in [0, 0.05) is 26.2 Å². The smallest absolute Gasteiger partial charge is 0.268 e. The predicted molar refractivity (Wildman–Crippen MR) is 65.3 cm³/mol. The molecule has 94 valence electrons. The van der Waals surface area contributed by atoms with Crippen molar-refractivity contribution >= 4 is 5.69 Å². The average molecular weight is 238 g/mol. The van der Waals surface area contributed by atoms with Crippen LogP contribution in [0.4, 0.5) is 5.69 Å². The highest BCUT2D eigenvalue weighted by Crippen LogP contribution is 2.05. The summed E-state index contributed by atoms with van der Waals surface area (Å²) in [6, 6.07) is 1.54. The number of hydrogen-bond donors (Lipinski definition) is 1. The lowest BCUT2D eigenvalue weighted by atomic mass is 10.3. The van der Waals surface area contributed by atoms with Crippen LogP contribution in [-0.4, -0.2) is 54.6 Å². The molecule has 6 heteroatoms. The topological polar surface area (TPSA) is 59.4 Å². The number of nitrogens with zero attached hydrogens (tertiary/aromatic N) is 3. The summed E-state index contributed by atoms with van der Waals surface area (Å²) in [5.41, 5.74) is 0.626. The molecule has 0 bridgehead atoms. The summed E-state index contributed by atoms with van der Waals surface area (Å²) in [4.78, 5) is 13.9. The molecule has 1 aromatic heterocycles. The Morgan fingerprint density at radius 3 is 3.12 bits per heavy atom. The Balaban J connectivity index is 2.05. The zero-order valence-corrected chi connectivity index (χ0v) is 10.2. The van der Waals surface area contributed by atoms with E-state index in [4.69, 9.17) is 4.74 Å². The van der Waals surface area contributed by atoms with Gasteiger partial charge in [0.05, 0.1) is 31.1 Å². The van der Waals surface area contributed by atoms with Crippen LogP contribution in [0.1, 0.15) is 0 Å². The number of aromatic nitrogens is 2.